The third-order valence-corrected chi connectivity index (χ3v) is 3.51. The molecule has 1 amide bonds. The summed E-state index contributed by atoms with van der Waals surface area (Å²) in [4.78, 5) is 11.5. The predicted molar refractivity (Wildman–Crippen MR) is 65.8 cm³/mol. The fraction of sp³-hybridized carbons (Fsp3) is 0.357. The second-order valence-corrected chi connectivity index (χ2v) is 5.21. The maximum Gasteiger partial charge on any atom is 0.221 e. The van der Waals surface area contributed by atoms with E-state index in [4.69, 9.17) is 4.42 Å². The molecular formula is C14H15NO2. The average molecular weight is 229 g/mol. The maximum absolute atomic E-state index is 11.5. The van der Waals surface area contributed by atoms with Gasteiger partial charge in [-0.05, 0) is 26.0 Å². The van der Waals surface area contributed by atoms with Gasteiger partial charge in [0.2, 0.25) is 5.91 Å². The van der Waals surface area contributed by atoms with Crippen molar-refractivity contribution >= 4 is 16.9 Å². The smallest absolute Gasteiger partial charge is 0.221 e. The Morgan fingerprint density at radius 3 is 2.76 bits per heavy atom. The Bertz CT molecular complexity index is 550. The molecule has 3 rings (SSSR count). The first-order valence-electron chi connectivity index (χ1n) is 5.86. The van der Waals surface area contributed by atoms with Crippen molar-refractivity contribution in [1.29, 1.82) is 0 Å². The van der Waals surface area contributed by atoms with E-state index in [1.165, 1.54) is 0 Å². The van der Waals surface area contributed by atoms with Gasteiger partial charge in [-0.15, -0.1) is 0 Å². The lowest BCUT2D eigenvalue weighted by atomic mass is 9.87. The van der Waals surface area contributed by atoms with Crippen LogP contribution in [0.25, 0.3) is 11.0 Å². The molecule has 3 heteroatoms. The van der Waals surface area contributed by atoms with Crippen molar-refractivity contribution in [2.45, 2.75) is 31.7 Å². The zero-order chi connectivity index (χ0) is 12.0. The largest absolute Gasteiger partial charge is 0.461 e. The first-order valence-corrected chi connectivity index (χ1v) is 5.86. The van der Waals surface area contributed by atoms with Gasteiger partial charge in [0.15, 0.2) is 0 Å². The van der Waals surface area contributed by atoms with Crippen LogP contribution in [0.4, 0.5) is 0 Å². The molecule has 0 aliphatic carbocycles. The van der Waals surface area contributed by atoms with Crippen LogP contribution in [0.1, 0.15) is 31.9 Å². The number of nitrogens with one attached hydrogen (secondary N) is 1. The number of furan rings is 1. The lowest BCUT2D eigenvalue weighted by Gasteiger charge is -2.24. The van der Waals surface area contributed by atoms with Gasteiger partial charge < -0.3 is 9.73 Å². The van der Waals surface area contributed by atoms with E-state index in [9.17, 15) is 4.79 Å². The van der Waals surface area contributed by atoms with Crippen LogP contribution in [0.5, 0.6) is 0 Å². The molecule has 0 spiro atoms. The summed E-state index contributed by atoms with van der Waals surface area (Å²) in [6.45, 7) is 4.07. The summed E-state index contributed by atoms with van der Waals surface area (Å²) in [5, 5.41) is 4.08. The van der Waals surface area contributed by atoms with E-state index in [1.54, 1.807) is 0 Å². The van der Waals surface area contributed by atoms with Gasteiger partial charge in [0.05, 0.1) is 0 Å². The number of hydrogen-bond donors (Lipinski definition) is 1. The van der Waals surface area contributed by atoms with Crippen molar-refractivity contribution < 1.29 is 9.21 Å². The van der Waals surface area contributed by atoms with E-state index in [1.807, 2.05) is 44.2 Å². The quantitative estimate of drug-likeness (QED) is 0.817. The van der Waals surface area contributed by atoms with Crippen molar-refractivity contribution in [2.75, 3.05) is 0 Å². The van der Waals surface area contributed by atoms with Crippen molar-refractivity contribution in [1.82, 2.24) is 5.32 Å². The van der Waals surface area contributed by atoms with Gasteiger partial charge >= 0.3 is 0 Å². The van der Waals surface area contributed by atoms with Crippen molar-refractivity contribution in [2.24, 2.45) is 0 Å². The first kappa shape index (κ1) is 10.4. The zero-order valence-corrected chi connectivity index (χ0v) is 9.99. The number of para-hydroxylation sites is 1. The van der Waals surface area contributed by atoms with Crippen LogP contribution in [0.3, 0.4) is 0 Å². The first-order chi connectivity index (χ1) is 8.06. The van der Waals surface area contributed by atoms with Crippen LogP contribution in [0.2, 0.25) is 0 Å². The molecule has 1 saturated heterocycles. The minimum Gasteiger partial charge on any atom is -0.461 e. The molecule has 1 aromatic carbocycles. The summed E-state index contributed by atoms with van der Waals surface area (Å²) in [5.41, 5.74) is 0.656. The normalized spacial score (nSPS) is 22.9. The second-order valence-electron chi connectivity index (χ2n) is 5.21. The monoisotopic (exact) mass is 229 g/mol. The van der Waals surface area contributed by atoms with Crippen molar-refractivity contribution in [3.8, 4) is 0 Å². The highest BCUT2D eigenvalue weighted by atomic mass is 16.3. The fourth-order valence-electron chi connectivity index (χ4n) is 2.57. The van der Waals surface area contributed by atoms with Gasteiger partial charge in [-0.25, -0.2) is 0 Å². The molecule has 17 heavy (non-hydrogen) atoms. The lowest BCUT2D eigenvalue weighted by Crippen LogP contribution is -2.38. The molecule has 0 radical (unpaired) electrons. The van der Waals surface area contributed by atoms with Crippen LogP contribution in [-0.4, -0.2) is 11.4 Å². The number of benzene rings is 1. The number of fused-ring (bicyclic) bond motifs is 1. The Hall–Kier alpha value is -1.77. The fourth-order valence-corrected chi connectivity index (χ4v) is 2.57. The Morgan fingerprint density at radius 2 is 2.12 bits per heavy atom. The third kappa shape index (κ3) is 1.62. The van der Waals surface area contributed by atoms with Crippen LogP contribution in [-0.2, 0) is 4.79 Å². The third-order valence-electron chi connectivity index (χ3n) is 3.51. The summed E-state index contributed by atoms with van der Waals surface area (Å²) in [7, 11) is 0. The topological polar surface area (TPSA) is 42.2 Å². The Morgan fingerprint density at radius 1 is 1.35 bits per heavy atom. The molecule has 88 valence electrons. The van der Waals surface area contributed by atoms with Gasteiger partial charge in [-0.2, -0.15) is 0 Å². The van der Waals surface area contributed by atoms with E-state index in [-0.39, 0.29) is 17.4 Å². The van der Waals surface area contributed by atoms with Gasteiger partial charge in [-0.1, -0.05) is 18.2 Å². The molecule has 1 N–H and O–H groups in total. The van der Waals surface area contributed by atoms with E-state index in [0.717, 1.165) is 16.7 Å². The second kappa shape index (κ2) is 3.36. The van der Waals surface area contributed by atoms with Crippen LogP contribution < -0.4 is 5.32 Å². The maximum atomic E-state index is 11.5. The van der Waals surface area contributed by atoms with E-state index in [0.29, 0.717) is 6.42 Å². The highest BCUT2D eigenvalue weighted by Crippen LogP contribution is 2.38. The van der Waals surface area contributed by atoms with Crippen LogP contribution in [0, 0.1) is 0 Å². The molecule has 1 unspecified atom stereocenters. The van der Waals surface area contributed by atoms with Gasteiger partial charge in [0.25, 0.3) is 0 Å². The lowest BCUT2D eigenvalue weighted by molar-refractivity contribution is -0.119. The Balaban J connectivity index is 2.06. The SMILES string of the molecule is CC1(C)NC(=O)CC1c1cc2ccccc2o1. The minimum atomic E-state index is -0.231. The molecule has 2 heterocycles. The molecule has 1 fully saturated rings. The molecule has 3 nitrogen and oxygen atoms in total. The molecular weight excluding hydrogens is 214 g/mol. The molecule has 0 bridgehead atoms. The average Bonchev–Trinajstić information content (AvgIpc) is 2.78. The highest BCUT2D eigenvalue weighted by Gasteiger charge is 2.41. The van der Waals surface area contributed by atoms with E-state index < -0.39 is 0 Å². The number of carbonyl (C=O) groups is 1. The summed E-state index contributed by atoms with van der Waals surface area (Å²) < 4.78 is 5.84. The molecule has 1 aliphatic rings. The predicted octanol–water partition coefficient (Wildman–Crippen LogP) is 2.81. The number of rotatable bonds is 1. The van der Waals surface area contributed by atoms with E-state index >= 15 is 0 Å². The number of hydrogen-bond acceptors (Lipinski definition) is 2. The summed E-state index contributed by atoms with van der Waals surface area (Å²) in [5.74, 6) is 1.11. The molecule has 1 aromatic heterocycles. The number of amides is 1. The molecule has 1 atom stereocenters. The van der Waals surface area contributed by atoms with Gasteiger partial charge in [-0.3, -0.25) is 4.79 Å². The zero-order valence-electron chi connectivity index (χ0n) is 9.99. The van der Waals surface area contributed by atoms with Crippen LogP contribution >= 0.6 is 0 Å². The Labute approximate surface area is 99.8 Å². The molecule has 0 saturated carbocycles. The highest BCUT2D eigenvalue weighted by molar-refractivity contribution is 5.82. The van der Waals surface area contributed by atoms with Crippen LogP contribution in [0.15, 0.2) is 34.7 Å². The molecule has 2 aromatic rings. The summed E-state index contributed by atoms with van der Waals surface area (Å²) in [6, 6.07) is 9.97. The van der Waals surface area contributed by atoms with E-state index in [2.05, 4.69) is 5.32 Å². The van der Waals surface area contributed by atoms with Crippen molar-refractivity contribution in [3.05, 3.63) is 36.1 Å². The summed E-state index contributed by atoms with van der Waals surface area (Å²) >= 11 is 0. The Kier molecular flexibility index (Phi) is 2.05. The minimum absolute atomic E-state index is 0.0976. The number of carbonyl (C=O) groups excluding carboxylic acids is 1. The van der Waals surface area contributed by atoms with Gasteiger partial charge in [0, 0.05) is 23.3 Å². The molecule has 1 aliphatic heterocycles. The summed E-state index contributed by atoms with van der Waals surface area (Å²) in [6.07, 6.45) is 0.507. The van der Waals surface area contributed by atoms with Crippen molar-refractivity contribution in [3.63, 3.8) is 0 Å². The standard InChI is InChI=1S/C14H15NO2/c1-14(2)10(8-13(16)15-14)12-7-9-5-3-4-6-11(9)17-12/h3-7,10H,8H2,1-2H3,(H,15,16). The van der Waals surface area contributed by atoms with Gasteiger partial charge in [0.1, 0.15) is 11.3 Å².